The molecular weight excluding hydrogens is 342 g/mol. The minimum atomic E-state index is -0.0539. The molecule has 1 N–H and O–H groups in total. The highest BCUT2D eigenvalue weighted by Gasteiger charge is 2.12. The third kappa shape index (κ3) is 5.91. The second-order valence-electron chi connectivity index (χ2n) is 6.93. The molecule has 5 heteroatoms. The van der Waals surface area contributed by atoms with Crippen LogP contribution in [0, 0.1) is 6.92 Å². The molecule has 0 aromatic heterocycles. The van der Waals surface area contributed by atoms with Crippen molar-refractivity contribution < 1.29 is 19.0 Å². The number of carbonyl (C=O) groups is 1. The number of hydrogen-bond donors (Lipinski definition) is 1. The zero-order chi connectivity index (χ0) is 19.1. The van der Waals surface area contributed by atoms with Crippen molar-refractivity contribution in [2.24, 2.45) is 0 Å². The highest BCUT2D eigenvalue weighted by molar-refractivity contribution is 5.76. The molecule has 5 nitrogen and oxygen atoms in total. The number of benzene rings is 2. The number of fused-ring (bicyclic) bond motifs is 1. The fraction of sp³-hybridized carbons (Fsp3) is 0.409. The Hall–Kier alpha value is -2.69. The summed E-state index contributed by atoms with van der Waals surface area (Å²) in [6.45, 7) is 5.75. The van der Waals surface area contributed by atoms with Crippen molar-refractivity contribution in [1.29, 1.82) is 0 Å². The van der Waals surface area contributed by atoms with E-state index in [1.165, 1.54) is 0 Å². The number of amides is 1. The number of carbonyl (C=O) groups excluding carboxylic acids is 1. The topological polar surface area (TPSA) is 56.8 Å². The molecule has 2 aromatic rings. The van der Waals surface area contributed by atoms with Crippen LogP contribution in [-0.4, -0.2) is 31.8 Å². The molecule has 3 rings (SSSR count). The normalized spacial score (nSPS) is 14.1. The van der Waals surface area contributed by atoms with E-state index in [0.29, 0.717) is 32.7 Å². The van der Waals surface area contributed by atoms with Gasteiger partial charge in [0.1, 0.15) is 12.4 Å². The van der Waals surface area contributed by atoms with Gasteiger partial charge in [-0.25, -0.2) is 0 Å². The monoisotopic (exact) mass is 369 g/mol. The Bertz CT molecular complexity index is 775. The summed E-state index contributed by atoms with van der Waals surface area (Å²) in [5.74, 6) is 2.39. The lowest BCUT2D eigenvalue weighted by atomic mass is 10.1. The van der Waals surface area contributed by atoms with E-state index in [2.05, 4.69) is 5.32 Å². The van der Waals surface area contributed by atoms with Gasteiger partial charge in [0, 0.05) is 12.8 Å². The molecule has 0 bridgehead atoms. The van der Waals surface area contributed by atoms with Crippen LogP contribution in [0.5, 0.6) is 17.2 Å². The average Bonchev–Trinajstić information content (AvgIpc) is 2.90. The average molecular weight is 369 g/mol. The van der Waals surface area contributed by atoms with Gasteiger partial charge < -0.3 is 19.5 Å². The van der Waals surface area contributed by atoms with E-state index in [9.17, 15) is 4.79 Å². The van der Waals surface area contributed by atoms with Crippen molar-refractivity contribution in [3.8, 4) is 17.2 Å². The van der Waals surface area contributed by atoms with Gasteiger partial charge in [-0.2, -0.15) is 0 Å². The SMILES string of the molecule is Cc1cccc(OCC(C)NC(=O)CCc2ccc3c(c2)OCCCO3)c1. The highest BCUT2D eigenvalue weighted by Crippen LogP contribution is 2.30. The summed E-state index contributed by atoms with van der Waals surface area (Å²) in [4.78, 5) is 12.2. The molecule has 1 aliphatic heterocycles. The quantitative estimate of drug-likeness (QED) is 0.809. The number of nitrogens with one attached hydrogen (secondary N) is 1. The van der Waals surface area contributed by atoms with Crippen LogP contribution in [0.2, 0.25) is 0 Å². The molecule has 0 fully saturated rings. The zero-order valence-corrected chi connectivity index (χ0v) is 16.0. The molecule has 0 saturated carbocycles. The third-order valence-corrected chi connectivity index (χ3v) is 4.35. The van der Waals surface area contributed by atoms with Gasteiger partial charge in [-0.05, 0) is 55.7 Å². The van der Waals surface area contributed by atoms with Gasteiger partial charge in [0.2, 0.25) is 5.91 Å². The maximum atomic E-state index is 12.2. The second-order valence-corrected chi connectivity index (χ2v) is 6.93. The Morgan fingerprint density at radius 2 is 1.96 bits per heavy atom. The maximum Gasteiger partial charge on any atom is 0.220 e. The number of ether oxygens (including phenoxy) is 3. The van der Waals surface area contributed by atoms with E-state index in [0.717, 1.165) is 34.8 Å². The largest absolute Gasteiger partial charge is 0.491 e. The Balaban J connectivity index is 1.43. The molecule has 0 saturated heterocycles. The van der Waals surface area contributed by atoms with Crippen molar-refractivity contribution in [3.63, 3.8) is 0 Å². The Labute approximate surface area is 160 Å². The maximum absolute atomic E-state index is 12.2. The number of hydrogen-bond acceptors (Lipinski definition) is 4. The van der Waals surface area contributed by atoms with Gasteiger partial charge >= 0.3 is 0 Å². The van der Waals surface area contributed by atoms with E-state index in [-0.39, 0.29) is 11.9 Å². The highest BCUT2D eigenvalue weighted by atomic mass is 16.5. The molecule has 1 amide bonds. The molecule has 2 aromatic carbocycles. The summed E-state index contributed by atoms with van der Waals surface area (Å²) in [6, 6.07) is 13.7. The van der Waals surface area contributed by atoms with Crippen LogP contribution in [0.1, 0.15) is 30.9 Å². The van der Waals surface area contributed by atoms with Crippen molar-refractivity contribution in [3.05, 3.63) is 53.6 Å². The predicted molar refractivity (Wildman–Crippen MR) is 105 cm³/mol. The fourth-order valence-corrected chi connectivity index (χ4v) is 2.94. The molecule has 144 valence electrons. The van der Waals surface area contributed by atoms with Crippen LogP contribution in [0.25, 0.3) is 0 Å². The van der Waals surface area contributed by atoms with E-state index in [1.54, 1.807) is 0 Å². The van der Waals surface area contributed by atoms with E-state index in [1.807, 2.05) is 56.3 Å². The molecule has 1 atom stereocenters. The summed E-state index contributed by atoms with van der Waals surface area (Å²) < 4.78 is 17.1. The van der Waals surface area contributed by atoms with Crippen LogP contribution in [-0.2, 0) is 11.2 Å². The van der Waals surface area contributed by atoms with Gasteiger partial charge in [-0.3, -0.25) is 4.79 Å². The summed E-state index contributed by atoms with van der Waals surface area (Å²) in [7, 11) is 0. The van der Waals surface area contributed by atoms with Gasteiger partial charge in [-0.15, -0.1) is 0 Å². The first-order valence-electron chi connectivity index (χ1n) is 9.47. The molecule has 27 heavy (non-hydrogen) atoms. The lowest BCUT2D eigenvalue weighted by Gasteiger charge is -2.15. The Morgan fingerprint density at radius 1 is 1.15 bits per heavy atom. The molecule has 0 spiro atoms. The van der Waals surface area contributed by atoms with Gasteiger partial charge in [-0.1, -0.05) is 18.2 Å². The van der Waals surface area contributed by atoms with Crippen molar-refractivity contribution in [1.82, 2.24) is 5.32 Å². The lowest BCUT2D eigenvalue weighted by molar-refractivity contribution is -0.121. The molecule has 1 heterocycles. The fourth-order valence-electron chi connectivity index (χ4n) is 2.94. The Kier molecular flexibility index (Phi) is 6.58. The Morgan fingerprint density at radius 3 is 2.78 bits per heavy atom. The van der Waals surface area contributed by atoms with Crippen LogP contribution in [0.15, 0.2) is 42.5 Å². The minimum absolute atomic E-state index is 0.0162. The predicted octanol–water partition coefficient (Wildman–Crippen LogP) is 3.67. The molecule has 1 unspecified atom stereocenters. The standard InChI is InChI=1S/C22H27NO4/c1-16-5-3-6-19(13-16)27-15-17(2)23-22(24)10-8-18-7-9-20-21(14-18)26-12-4-11-25-20/h3,5-7,9,13-14,17H,4,8,10-12,15H2,1-2H3,(H,23,24). The summed E-state index contributed by atoms with van der Waals surface area (Å²) in [6.07, 6.45) is 1.97. The molecular formula is C22H27NO4. The number of aryl methyl sites for hydroxylation is 2. The molecule has 0 radical (unpaired) electrons. The first kappa shape index (κ1) is 19.1. The second kappa shape index (κ2) is 9.31. The lowest BCUT2D eigenvalue weighted by Crippen LogP contribution is -2.36. The van der Waals surface area contributed by atoms with Crippen LogP contribution >= 0.6 is 0 Å². The first-order chi connectivity index (χ1) is 13.1. The van der Waals surface area contributed by atoms with E-state index in [4.69, 9.17) is 14.2 Å². The van der Waals surface area contributed by atoms with Crippen LogP contribution in [0.3, 0.4) is 0 Å². The van der Waals surface area contributed by atoms with Gasteiger partial charge in [0.15, 0.2) is 11.5 Å². The zero-order valence-electron chi connectivity index (χ0n) is 16.0. The molecule has 0 aliphatic carbocycles. The van der Waals surface area contributed by atoms with Gasteiger partial charge in [0.05, 0.1) is 19.3 Å². The van der Waals surface area contributed by atoms with E-state index < -0.39 is 0 Å². The van der Waals surface area contributed by atoms with Crippen molar-refractivity contribution in [2.75, 3.05) is 19.8 Å². The smallest absolute Gasteiger partial charge is 0.220 e. The summed E-state index contributed by atoms with van der Waals surface area (Å²) in [5.41, 5.74) is 2.22. The van der Waals surface area contributed by atoms with Gasteiger partial charge in [0.25, 0.3) is 0 Å². The molecule has 1 aliphatic rings. The summed E-state index contributed by atoms with van der Waals surface area (Å²) in [5, 5.41) is 2.99. The number of rotatable bonds is 7. The first-order valence-corrected chi connectivity index (χ1v) is 9.47. The van der Waals surface area contributed by atoms with Crippen LogP contribution < -0.4 is 19.5 Å². The summed E-state index contributed by atoms with van der Waals surface area (Å²) >= 11 is 0. The third-order valence-electron chi connectivity index (χ3n) is 4.35. The minimum Gasteiger partial charge on any atom is -0.491 e. The van der Waals surface area contributed by atoms with E-state index >= 15 is 0 Å². The van der Waals surface area contributed by atoms with Crippen LogP contribution in [0.4, 0.5) is 0 Å². The van der Waals surface area contributed by atoms with Crippen molar-refractivity contribution in [2.45, 2.75) is 39.2 Å². The van der Waals surface area contributed by atoms with Crippen molar-refractivity contribution >= 4 is 5.91 Å².